The quantitative estimate of drug-likeness (QED) is 0.477. The fraction of sp³-hybridized carbons (Fsp3) is 0.667. The third-order valence-corrected chi connectivity index (χ3v) is 6.16. The molecule has 0 aliphatic carbocycles. The number of nitrogens with zero attached hydrogens (tertiary/aromatic N) is 1. The highest BCUT2D eigenvalue weighted by atomic mass is 32.2. The maximum Gasteiger partial charge on any atom is 0.308 e. The van der Waals surface area contributed by atoms with E-state index >= 15 is 0 Å². The smallest absolute Gasteiger partial charge is 0.308 e. The highest BCUT2D eigenvalue weighted by Gasteiger charge is 2.25. The van der Waals surface area contributed by atoms with Crippen LogP contribution in [0.15, 0.2) is 24.3 Å². The summed E-state index contributed by atoms with van der Waals surface area (Å²) in [5.74, 6) is 0.517. The molecule has 0 fully saturated rings. The largest absolute Gasteiger partial charge is 0.382 e. The Balaban J connectivity index is 2.92. The molecule has 0 bridgehead atoms. The Hall–Kier alpha value is -1.56. The molecular weight excluding hydrogens is 362 g/mol. The van der Waals surface area contributed by atoms with Gasteiger partial charge in [0.25, 0.3) is 0 Å². The lowest BCUT2D eigenvalue weighted by molar-refractivity contribution is -0.138. The van der Waals surface area contributed by atoms with Gasteiger partial charge in [-0.15, -0.1) is 0 Å². The predicted molar refractivity (Wildman–Crippen MR) is 110 cm³/mol. The minimum atomic E-state index is -3.53. The molecule has 5 nitrogen and oxygen atoms in total. The van der Waals surface area contributed by atoms with Crippen molar-refractivity contribution < 1.29 is 17.4 Å². The molecule has 0 spiro atoms. The number of amides is 1. The van der Waals surface area contributed by atoms with Crippen LogP contribution < -0.4 is 4.18 Å². The molecule has 0 heterocycles. The summed E-state index contributed by atoms with van der Waals surface area (Å²) in [5.41, 5.74) is 0.968. The molecule has 0 unspecified atom stereocenters. The van der Waals surface area contributed by atoms with E-state index < -0.39 is 10.1 Å². The second-order valence-electron chi connectivity index (χ2n) is 7.04. The van der Waals surface area contributed by atoms with Gasteiger partial charge in [-0.25, -0.2) is 0 Å². The van der Waals surface area contributed by atoms with Gasteiger partial charge in [0, 0.05) is 18.5 Å². The van der Waals surface area contributed by atoms with Crippen LogP contribution >= 0.6 is 0 Å². The van der Waals surface area contributed by atoms with Crippen LogP contribution in [0.4, 0.5) is 0 Å². The third-order valence-electron chi connectivity index (χ3n) is 5.01. The first-order valence-electron chi connectivity index (χ1n) is 10.1. The number of unbranched alkanes of at least 4 members (excludes halogenated alkanes) is 1. The van der Waals surface area contributed by atoms with Crippen LogP contribution in [-0.2, 0) is 21.5 Å². The van der Waals surface area contributed by atoms with E-state index in [0.717, 1.165) is 37.7 Å². The molecule has 0 aliphatic heterocycles. The summed E-state index contributed by atoms with van der Waals surface area (Å²) < 4.78 is 28.2. The number of benzene rings is 1. The Bertz CT molecular complexity index is 670. The summed E-state index contributed by atoms with van der Waals surface area (Å²) in [6, 6.07) is 7.11. The summed E-state index contributed by atoms with van der Waals surface area (Å²) in [6.07, 6.45) is 4.84. The van der Waals surface area contributed by atoms with Gasteiger partial charge >= 0.3 is 10.1 Å². The zero-order valence-corrected chi connectivity index (χ0v) is 18.2. The Kier molecular flexibility index (Phi) is 9.84. The minimum absolute atomic E-state index is 0.0660. The Morgan fingerprint density at radius 3 is 2.19 bits per heavy atom. The summed E-state index contributed by atoms with van der Waals surface area (Å²) in [7, 11) is -3.53. The Morgan fingerprint density at radius 2 is 1.70 bits per heavy atom. The number of carbonyl (C=O) groups is 1. The number of carbonyl (C=O) groups excluding carboxylic acids is 1. The molecule has 6 heteroatoms. The summed E-state index contributed by atoms with van der Waals surface area (Å²) >= 11 is 0. The van der Waals surface area contributed by atoms with E-state index in [1.54, 1.807) is 19.1 Å². The van der Waals surface area contributed by atoms with Gasteiger partial charge < -0.3 is 9.08 Å². The molecule has 0 aliphatic rings. The second kappa shape index (κ2) is 11.3. The van der Waals surface area contributed by atoms with Gasteiger partial charge in [-0.05, 0) is 50.8 Å². The van der Waals surface area contributed by atoms with Crippen molar-refractivity contribution in [2.75, 3.05) is 5.75 Å². The Morgan fingerprint density at radius 1 is 1.07 bits per heavy atom. The van der Waals surface area contributed by atoms with Gasteiger partial charge in [0.05, 0.1) is 5.75 Å². The first kappa shape index (κ1) is 23.5. The van der Waals surface area contributed by atoms with Crippen molar-refractivity contribution in [3.63, 3.8) is 0 Å². The van der Waals surface area contributed by atoms with Crippen molar-refractivity contribution >= 4 is 16.0 Å². The van der Waals surface area contributed by atoms with E-state index in [2.05, 4.69) is 27.7 Å². The minimum Gasteiger partial charge on any atom is -0.382 e. The number of hydrogen-bond donors (Lipinski definition) is 0. The van der Waals surface area contributed by atoms with Crippen LogP contribution in [0.5, 0.6) is 5.75 Å². The first-order chi connectivity index (χ1) is 12.8. The lowest BCUT2D eigenvalue weighted by Crippen LogP contribution is -2.41. The lowest BCUT2D eigenvalue weighted by Gasteiger charge is -2.32. The summed E-state index contributed by atoms with van der Waals surface area (Å²) in [4.78, 5) is 15.1. The maximum absolute atomic E-state index is 13.1. The van der Waals surface area contributed by atoms with Gasteiger partial charge in [0.2, 0.25) is 5.91 Å². The van der Waals surface area contributed by atoms with E-state index in [1.165, 1.54) is 0 Å². The van der Waals surface area contributed by atoms with E-state index in [-0.39, 0.29) is 23.6 Å². The SMILES string of the molecule is CCCC[C@@H](CC)C(=O)N(Cc1ccc(OS(=O)(=O)CC)cc1)[C@H](C)CC. The average molecular weight is 398 g/mol. The van der Waals surface area contributed by atoms with Crippen LogP contribution in [0.2, 0.25) is 0 Å². The number of hydrogen-bond acceptors (Lipinski definition) is 4. The normalized spacial score (nSPS) is 13.8. The molecule has 1 amide bonds. The molecule has 1 rings (SSSR count). The van der Waals surface area contributed by atoms with Crippen molar-refractivity contribution in [3.05, 3.63) is 29.8 Å². The topological polar surface area (TPSA) is 63.7 Å². The molecule has 154 valence electrons. The summed E-state index contributed by atoms with van der Waals surface area (Å²) in [5, 5.41) is 0. The van der Waals surface area contributed by atoms with Gasteiger partial charge in [0.1, 0.15) is 5.75 Å². The van der Waals surface area contributed by atoms with Gasteiger partial charge in [-0.3, -0.25) is 4.79 Å². The molecule has 1 aromatic rings. The summed E-state index contributed by atoms with van der Waals surface area (Å²) in [6.45, 7) is 10.5. The molecule has 0 aromatic heterocycles. The van der Waals surface area contributed by atoms with Gasteiger partial charge in [-0.1, -0.05) is 45.7 Å². The van der Waals surface area contributed by atoms with Crippen molar-refractivity contribution in [1.29, 1.82) is 0 Å². The molecule has 0 radical (unpaired) electrons. The van der Waals surface area contributed by atoms with Crippen LogP contribution in [0.3, 0.4) is 0 Å². The Labute approximate surface area is 165 Å². The number of rotatable bonds is 12. The lowest BCUT2D eigenvalue weighted by atomic mass is 9.96. The molecule has 27 heavy (non-hydrogen) atoms. The molecular formula is C21H35NO4S. The molecule has 0 saturated carbocycles. The monoisotopic (exact) mass is 397 g/mol. The average Bonchev–Trinajstić information content (AvgIpc) is 2.67. The highest BCUT2D eigenvalue weighted by Crippen LogP contribution is 2.22. The van der Waals surface area contributed by atoms with Crippen molar-refractivity contribution in [2.45, 2.75) is 79.3 Å². The van der Waals surface area contributed by atoms with Crippen molar-refractivity contribution in [2.24, 2.45) is 5.92 Å². The van der Waals surface area contributed by atoms with Gasteiger partial charge in [0.15, 0.2) is 0 Å². The second-order valence-corrected chi connectivity index (χ2v) is 8.90. The maximum atomic E-state index is 13.1. The standard InChI is InChI=1S/C21H35NO4S/c1-6-10-11-19(8-3)21(23)22(17(5)7-2)16-18-12-14-20(15-13-18)26-27(24,25)9-4/h12-15,17,19H,6-11,16H2,1-5H3/t17-,19-/m1/s1. The van der Waals surface area contributed by atoms with Crippen LogP contribution in [0, 0.1) is 5.92 Å². The van der Waals surface area contributed by atoms with Crippen LogP contribution in [0.25, 0.3) is 0 Å². The molecule has 0 N–H and O–H groups in total. The highest BCUT2D eigenvalue weighted by molar-refractivity contribution is 7.87. The fourth-order valence-corrected chi connectivity index (χ4v) is 3.43. The predicted octanol–water partition coefficient (Wildman–Crippen LogP) is 4.76. The van der Waals surface area contributed by atoms with E-state index in [9.17, 15) is 13.2 Å². The third kappa shape index (κ3) is 7.53. The van der Waals surface area contributed by atoms with E-state index in [0.29, 0.717) is 12.3 Å². The molecule has 0 saturated heterocycles. The van der Waals surface area contributed by atoms with Gasteiger partial charge in [-0.2, -0.15) is 8.42 Å². The van der Waals surface area contributed by atoms with Crippen LogP contribution in [-0.4, -0.2) is 31.0 Å². The van der Waals surface area contributed by atoms with E-state index in [4.69, 9.17) is 4.18 Å². The first-order valence-corrected chi connectivity index (χ1v) is 11.7. The fourth-order valence-electron chi connectivity index (χ4n) is 2.91. The zero-order valence-electron chi connectivity index (χ0n) is 17.4. The van der Waals surface area contributed by atoms with Crippen LogP contribution in [0.1, 0.15) is 72.3 Å². The van der Waals surface area contributed by atoms with E-state index in [1.807, 2.05) is 17.0 Å². The molecule has 2 atom stereocenters. The molecule has 1 aromatic carbocycles. The zero-order chi connectivity index (χ0) is 20.4. The van der Waals surface area contributed by atoms with Crippen molar-refractivity contribution in [1.82, 2.24) is 4.90 Å². The van der Waals surface area contributed by atoms with Crippen molar-refractivity contribution in [3.8, 4) is 5.75 Å².